The van der Waals surface area contributed by atoms with Gasteiger partial charge in [0.15, 0.2) is 0 Å². The second-order valence-corrected chi connectivity index (χ2v) is 4.73. The number of carbonyl (C=O) groups excluding carboxylic acids is 1. The van der Waals surface area contributed by atoms with Crippen molar-refractivity contribution in [3.8, 4) is 0 Å². The van der Waals surface area contributed by atoms with E-state index in [9.17, 15) is 4.79 Å². The number of H-pyrrole nitrogens is 1. The molecule has 0 fully saturated rings. The van der Waals surface area contributed by atoms with Crippen LogP contribution in [-0.4, -0.2) is 16.6 Å². The fourth-order valence-electron chi connectivity index (χ4n) is 2.10. The number of nitrogens with zero attached hydrogens (tertiary/aromatic N) is 1. The van der Waals surface area contributed by atoms with Gasteiger partial charge in [0.2, 0.25) is 0 Å². The Hall–Kier alpha value is -2.56. The minimum absolute atomic E-state index is 0.254. The van der Waals surface area contributed by atoms with Crippen LogP contribution in [0.25, 0.3) is 0 Å². The van der Waals surface area contributed by atoms with E-state index in [1.807, 2.05) is 27.0 Å². The first-order valence-corrected chi connectivity index (χ1v) is 6.34. The number of aromatic nitrogens is 1. The fraction of sp³-hybridized carbons (Fsp3) is 0.200. The summed E-state index contributed by atoms with van der Waals surface area (Å²) in [6.45, 7) is 5.84. The highest BCUT2D eigenvalue weighted by Gasteiger charge is 2.09. The number of hydrogen-bond acceptors (Lipinski definition) is 3. The smallest absolute Gasteiger partial charge is 0.271 e. The van der Waals surface area contributed by atoms with Crippen LogP contribution in [0.4, 0.5) is 5.69 Å². The highest BCUT2D eigenvalue weighted by molar-refractivity contribution is 6.02. The summed E-state index contributed by atoms with van der Waals surface area (Å²) >= 11 is 0. The Morgan fingerprint density at radius 1 is 1.25 bits per heavy atom. The number of nitrogens with two attached hydrogens (primary N) is 1. The molecule has 0 aliphatic rings. The number of hydrazone groups is 1. The van der Waals surface area contributed by atoms with Crippen LogP contribution >= 0.6 is 0 Å². The van der Waals surface area contributed by atoms with Gasteiger partial charge in [0.1, 0.15) is 0 Å². The largest absolute Gasteiger partial charge is 0.399 e. The van der Waals surface area contributed by atoms with Crippen LogP contribution in [0.5, 0.6) is 0 Å². The van der Waals surface area contributed by atoms with E-state index in [4.69, 9.17) is 5.73 Å². The second kappa shape index (κ2) is 5.61. The van der Waals surface area contributed by atoms with Crippen LogP contribution in [0, 0.1) is 13.8 Å². The molecule has 1 aromatic carbocycles. The normalized spacial score (nSPS) is 11.4. The second-order valence-electron chi connectivity index (χ2n) is 4.73. The van der Waals surface area contributed by atoms with E-state index in [0.29, 0.717) is 11.3 Å². The van der Waals surface area contributed by atoms with Crippen LogP contribution in [0.15, 0.2) is 35.6 Å². The first-order valence-electron chi connectivity index (χ1n) is 6.34. The van der Waals surface area contributed by atoms with Gasteiger partial charge in [-0.05, 0) is 50.6 Å². The zero-order valence-electron chi connectivity index (χ0n) is 11.8. The molecule has 104 valence electrons. The molecule has 5 nitrogen and oxygen atoms in total. The molecule has 0 spiro atoms. The van der Waals surface area contributed by atoms with Gasteiger partial charge in [-0.2, -0.15) is 5.10 Å². The SMILES string of the molecule is C/C(=N\NC(=O)c1ccc(N)cc1)c1c(C)c[nH]c1C. The first kappa shape index (κ1) is 13.9. The molecular weight excluding hydrogens is 252 g/mol. The fourth-order valence-corrected chi connectivity index (χ4v) is 2.10. The van der Waals surface area contributed by atoms with Crippen LogP contribution in [0.3, 0.4) is 0 Å². The summed E-state index contributed by atoms with van der Waals surface area (Å²) in [4.78, 5) is 15.1. The first-order chi connectivity index (χ1) is 9.49. The lowest BCUT2D eigenvalue weighted by molar-refractivity contribution is 0.0955. The number of rotatable bonds is 3. The van der Waals surface area contributed by atoms with Gasteiger partial charge in [-0.15, -0.1) is 0 Å². The summed E-state index contributed by atoms with van der Waals surface area (Å²) in [5, 5.41) is 4.15. The van der Waals surface area contributed by atoms with E-state index in [0.717, 1.165) is 22.5 Å². The molecule has 0 radical (unpaired) electrons. The lowest BCUT2D eigenvalue weighted by Crippen LogP contribution is -2.19. The number of anilines is 1. The lowest BCUT2D eigenvalue weighted by Gasteiger charge is -2.04. The molecular formula is C15H18N4O. The van der Waals surface area contributed by atoms with Gasteiger partial charge < -0.3 is 10.7 Å². The number of benzene rings is 1. The number of carbonyl (C=O) groups is 1. The third-order valence-corrected chi connectivity index (χ3v) is 3.13. The molecule has 0 saturated heterocycles. The molecule has 4 N–H and O–H groups in total. The zero-order valence-corrected chi connectivity index (χ0v) is 11.8. The molecule has 1 aromatic heterocycles. The molecule has 0 bridgehead atoms. The third-order valence-electron chi connectivity index (χ3n) is 3.13. The molecule has 2 aromatic rings. The predicted molar refractivity (Wildman–Crippen MR) is 80.8 cm³/mol. The van der Waals surface area contributed by atoms with Gasteiger partial charge in [0.05, 0.1) is 5.71 Å². The molecule has 0 saturated carbocycles. The number of nitrogen functional groups attached to an aromatic ring is 1. The van der Waals surface area contributed by atoms with Crippen LogP contribution < -0.4 is 11.2 Å². The van der Waals surface area contributed by atoms with Crippen molar-refractivity contribution in [3.63, 3.8) is 0 Å². The average Bonchev–Trinajstić information content (AvgIpc) is 2.76. The molecule has 1 heterocycles. The van der Waals surface area contributed by atoms with Crippen molar-refractivity contribution in [1.82, 2.24) is 10.4 Å². The van der Waals surface area contributed by atoms with Gasteiger partial charge in [-0.1, -0.05) is 0 Å². The van der Waals surface area contributed by atoms with E-state index in [-0.39, 0.29) is 5.91 Å². The standard InChI is InChI=1S/C15H18N4O/c1-9-8-17-10(2)14(9)11(3)18-19-15(20)12-4-6-13(16)7-5-12/h4-8,17H,16H2,1-3H3,(H,19,20)/b18-11+. The quantitative estimate of drug-likeness (QED) is 0.454. The van der Waals surface area contributed by atoms with E-state index >= 15 is 0 Å². The Balaban J connectivity index is 2.13. The van der Waals surface area contributed by atoms with Gasteiger partial charge in [0.25, 0.3) is 5.91 Å². The molecule has 1 amide bonds. The summed E-state index contributed by atoms with van der Waals surface area (Å²) in [7, 11) is 0. The van der Waals surface area contributed by atoms with Crippen molar-refractivity contribution < 1.29 is 4.79 Å². The summed E-state index contributed by atoms with van der Waals surface area (Å²) in [5.41, 5.74) is 13.2. The van der Waals surface area contributed by atoms with Crippen LogP contribution in [0.1, 0.15) is 34.1 Å². The van der Waals surface area contributed by atoms with Gasteiger partial charge in [-0.25, -0.2) is 5.43 Å². The Labute approximate surface area is 117 Å². The molecule has 20 heavy (non-hydrogen) atoms. The summed E-state index contributed by atoms with van der Waals surface area (Å²) in [6.07, 6.45) is 1.92. The molecule has 0 aliphatic carbocycles. The minimum Gasteiger partial charge on any atom is -0.399 e. The van der Waals surface area contributed by atoms with E-state index in [1.54, 1.807) is 24.3 Å². The number of aromatic amines is 1. The maximum absolute atomic E-state index is 11.9. The van der Waals surface area contributed by atoms with Gasteiger partial charge in [-0.3, -0.25) is 4.79 Å². The van der Waals surface area contributed by atoms with Crippen molar-refractivity contribution in [3.05, 3.63) is 52.8 Å². The monoisotopic (exact) mass is 270 g/mol. The van der Waals surface area contributed by atoms with Gasteiger partial charge >= 0.3 is 0 Å². The van der Waals surface area contributed by atoms with Crippen molar-refractivity contribution >= 4 is 17.3 Å². The zero-order chi connectivity index (χ0) is 14.7. The van der Waals surface area contributed by atoms with Crippen molar-refractivity contribution in [2.45, 2.75) is 20.8 Å². The topological polar surface area (TPSA) is 83.3 Å². The predicted octanol–water partition coefficient (Wildman–Crippen LogP) is 2.37. The molecule has 5 heteroatoms. The molecule has 0 atom stereocenters. The Kier molecular flexibility index (Phi) is 3.89. The Morgan fingerprint density at radius 3 is 2.45 bits per heavy atom. The summed E-state index contributed by atoms with van der Waals surface area (Å²) < 4.78 is 0. The summed E-state index contributed by atoms with van der Waals surface area (Å²) in [5.74, 6) is -0.254. The Morgan fingerprint density at radius 2 is 1.90 bits per heavy atom. The third kappa shape index (κ3) is 2.88. The van der Waals surface area contributed by atoms with E-state index in [2.05, 4.69) is 15.5 Å². The van der Waals surface area contributed by atoms with Crippen LogP contribution in [-0.2, 0) is 0 Å². The van der Waals surface area contributed by atoms with Crippen molar-refractivity contribution in [2.75, 3.05) is 5.73 Å². The number of aryl methyl sites for hydroxylation is 2. The van der Waals surface area contributed by atoms with Crippen molar-refractivity contribution in [2.24, 2.45) is 5.10 Å². The van der Waals surface area contributed by atoms with Gasteiger partial charge in [0, 0.05) is 28.7 Å². The number of nitrogens with one attached hydrogen (secondary N) is 2. The number of amides is 1. The lowest BCUT2D eigenvalue weighted by atomic mass is 10.1. The number of hydrogen-bond donors (Lipinski definition) is 3. The highest BCUT2D eigenvalue weighted by atomic mass is 16.2. The highest BCUT2D eigenvalue weighted by Crippen LogP contribution is 2.13. The minimum atomic E-state index is -0.254. The van der Waals surface area contributed by atoms with Crippen LogP contribution in [0.2, 0.25) is 0 Å². The average molecular weight is 270 g/mol. The van der Waals surface area contributed by atoms with Crippen molar-refractivity contribution in [1.29, 1.82) is 0 Å². The molecule has 0 unspecified atom stereocenters. The molecule has 0 aliphatic heterocycles. The maximum atomic E-state index is 11.9. The Bertz CT molecular complexity index is 634. The summed E-state index contributed by atoms with van der Waals surface area (Å²) in [6, 6.07) is 6.71. The molecule has 2 rings (SSSR count). The van der Waals surface area contributed by atoms with E-state index in [1.165, 1.54) is 0 Å². The van der Waals surface area contributed by atoms with E-state index < -0.39 is 0 Å². The maximum Gasteiger partial charge on any atom is 0.271 e.